The number of aliphatic hydroxyl groups is 1. The summed E-state index contributed by atoms with van der Waals surface area (Å²) in [6.07, 6.45) is 2.91. The summed E-state index contributed by atoms with van der Waals surface area (Å²) in [7, 11) is 0. The van der Waals surface area contributed by atoms with E-state index in [1.807, 2.05) is 19.1 Å². The van der Waals surface area contributed by atoms with E-state index in [0.717, 1.165) is 30.8 Å². The van der Waals surface area contributed by atoms with Gasteiger partial charge in [-0.15, -0.1) is 0 Å². The topological polar surface area (TPSA) is 33.4 Å². The maximum atomic E-state index is 9.33. The molecule has 1 fully saturated rings. The lowest BCUT2D eigenvalue weighted by molar-refractivity contribution is 0.0217. The Morgan fingerprint density at radius 3 is 2.75 bits per heavy atom. The first-order chi connectivity index (χ1) is 5.75. The van der Waals surface area contributed by atoms with Crippen LogP contribution in [0.5, 0.6) is 0 Å². The summed E-state index contributed by atoms with van der Waals surface area (Å²) < 4.78 is 5.43. The highest BCUT2D eigenvalue weighted by molar-refractivity contribution is 5.07. The quantitative estimate of drug-likeness (QED) is 0.728. The van der Waals surface area contributed by atoms with Crippen molar-refractivity contribution in [3.05, 3.63) is 23.7 Å². The first-order valence-corrected chi connectivity index (χ1v) is 4.49. The minimum atomic E-state index is -0.0876. The van der Waals surface area contributed by atoms with Crippen molar-refractivity contribution in [3.8, 4) is 0 Å². The lowest BCUT2D eigenvalue weighted by Crippen LogP contribution is -2.32. The highest BCUT2D eigenvalue weighted by Crippen LogP contribution is 2.30. The molecule has 0 aromatic carbocycles. The van der Waals surface area contributed by atoms with Crippen molar-refractivity contribution < 1.29 is 9.52 Å². The Labute approximate surface area is 72.2 Å². The molecule has 1 N–H and O–H groups in total. The number of furan rings is 1. The van der Waals surface area contributed by atoms with Crippen molar-refractivity contribution in [2.45, 2.75) is 32.3 Å². The fourth-order valence-electron chi connectivity index (χ4n) is 1.64. The smallest absolute Gasteiger partial charge is 0.104 e. The molecule has 2 unspecified atom stereocenters. The summed E-state index contributed by atoms with van der Waals surface area (Å²) in [6, 6.07) is 3.97. The second-order valence-electron chi connectivity index (χ2n) is 3.62. The molecule has 66 valence electrons. The number of hydrogen-bond acceptors (Lipinski definition) is 2. The van der Waals surface area contributed by atoms with Crippen LogP contribution in [0.2, 0.25) is 0 Å². The lowest BCUT2D eigenvalue weighted by Gasteiger charge is -2.31. The number of aliphatic hydroxyl groups excluding tert-OH is 1. The van der Waals surface area contributed by atoms with Gasteiger partial charge in [0.1, 0.15) is 11.5 Å². The van der Waals surface area contributed by atoms with Crippen molar-refractivity contribution in [2.24, 2.45) is 5.92 Å². The second-order valence-corrected chi connectivity index (χ2v) is 3.62. The van der Waals surface area contributed by atoms with E-state index in [1.165, 1.54) is 0 Å². The molecule has 12 heavy (non-hydrogen) atoms. The largest absolute Gasteiger partial charge is 0.466 e. The van der Waals surface area contributed by atoms with Crippen LogP contribution < -0.4 is 0 Å². The molecule has 0 saturated heterocycles. The van der Waals surface area contributed by atoms with Crippen molar-refractivity contribution in [2.75, 3.05) is 0 Å². The van der Waals surface area contributed by atoms with Gasteiger partial charge in [0.2, 0.25) is 0 Å². The van der Waals surface area contributed by atoms with Gasteiger partial charge in [-0.25, -0.2) is 0 Å². The molecule has 2 rings (SSSR count). The third-order valence-corrected chi connectivity index (χ3v) is 2.64. The Kier molecular flexibility index (Phi) is 1.93. The summed E-state index contributed by atoms with van der Waals surface area (Å²) in [5.41, 5.74) is 0. The lowest BCUT2D eigenvalue weighted by atomic mass is 9.79. The maximum absolute atomic E-state index is 9.33. The van der Waals surface area contributed by atoms with Crippen molar-refractivity contribution in [1.82, 2.24) is 0 Å². The Bertz CT molecular complexity index is 265. The van der Waals surface area contributed by atoms with Gasteiger partial charge in [-0.05, 0) is 37.8 Å². The number of hydrogen-bond donors (Lipinski definition) is 1. The maximum Gasteiger partial charge on any atom is 0.104 e. The van der Waals surface area contributed by atoms with E-state index < -0.39 is 0 Å². The summed E-state index contributed by atoms with van der Waals surface area (Å²) in [5.74, 6) is 2.41. The predicted molar refractivity (Wildman–Crippen MR) is 45.9 cm³/mol. The average molecular weight is 166 g/mol. The molecule has 2 heteroatoms. The van der Waals surface area contributed by atoms with Crippen LogP contribution >= 0.6 is 0 Å². The fourth-order valence-corrected chi connectivity index (χ4v) is 1.64. The minimum absolute atomic E-state index is 0.0876. The summed E-state index contributed by atoms with van der Waals surface area (Å²) in [6.45, 7) is 1.95. The van der Waals surface area contributed by atoms with Crippen molar-refractivity contribution in [3.63, 3.8) is 0 Å². The summed E-state index contributed by atoms with van der Waals surface area (Å²) in [4.78, 5) is 0. The summed E-state index contributed by atoms with van der Waals surface area (Å²) in [5, 5.41) is 9.33. The van der Waals surface area contributed by atoms with E-state index in [4.69, 9.17) is 4.42 Å². The zero-order valence-corrected chi connectivity index (χ0v) is 7.29. The predicted octanol–water partition coefficient (Wildman–Crippen LogP) is 1.90. The number of aryl methyl sites for hydroxylation is 1. The third kappa shape index (κ3) is 1.39. The molecule has 0 amide bonds. The van der Waals surface area contributed by atoms with E-state index in [1.54, 1.807) is 0 Å². The van der Waals surface area contributed by atoms with Crippen molar-refractivity contribution in [1.29, 1.82) is 0 Å². The van der Waals surface area contributed by atoms with Crippen LogP contribution in [-0.2, 0) is 6.42 Å². The molecular formula is C10H14O2. The normalized spacial score (nSPS) is 28.5. The van der Waals surface area contributed by atoms with E-state index >= 15 is 0 Å². The Hall–Kier alpha value is -0.760. The third-order valence-electron chi connectivity index (χ3n) is 2.64. The van der Waals surface area contributed by atoms with Crippen LogP contribution in [-0.4, -0.2) is 11.2 Å². The van der Waals surface area contributed by atoms with Gasteiger partial charge in [-0.1, -0.05) is 0 Å². The van der Waals surface area contributed by atoms with E-state index in [-0.39, 0.29) is 6.10 Å². The number of rotatable bonds is 2. The molecule has 0 radical (unpaired) electrons. The van der Waals surface area contributed by atoms with Gasteiger partial charge in [0, 0.05) is 6.42 Å². The SMILES string of the molecule is Cc1ccc(CC2CCC2O)o1. The average Bonchev–Trinajstić information content (AvgIpc) is 2.44. The van der Waals surface area contributed by atoms with Crippen LogP contribution in [0, 0.1) is 12.8 Å². The monoisotopic (exact) mass is 166 g/mol. The molecular weight excluding hydrogens is 152 g/mol. The van der Waals surface area contributed by atoms with Crippen LogP contribution in [0.25, 0.3) is 0 Å². The standard InChI is InChI=1S/C10H14O2/c1-7-2-4-9(12-7)6-8-3-5-10(8)11/h2,4,8,10-11H,3,5-6H2,1H3. The van der Waals surface area contributed by atoms with Crippen LogP contribution in [0.4, 0.5) is 0 Å². The molecule has 1 aromatic heterocycles. The van der Waals surface area contributed by atoms with Crippen LogP contribution in [0.3, 0.4) is 0 Å². The van der Waals surface area contributed by atoms with Gasteiger partial charge in [-0.3, -0.25) is 0 Å². The molecule has 1 aliphatic rings. The van der Waals surface area contributed by atoms with Gasteiger partial charge < -0.3 is 9.52 Å². The highest BCUT2D eigenvalue weighted by atomic mass is 16.3. The van der Waals surface area contributed by atoms with E-state index in [0.29, 0.717) is 5.92 Å². The van der Waals surface area contributed by atoms with Gasteiger partial charge in [0.25, 0.3) is 0 Å². The Balaban J connectivity index is 1.95. The Morgan fingerprint density at radius 2 is 2.33 bits per heavy atom. The van der Waals surface area contributed by atoms with Gasteiger partial charge >= 0.3 is 0 Å². The molecule has 2 atom stereocenters. The minimum Gasteiger partial charge on any atom is -0.466 e. The molecule has 0 bridgehead atoms. The van der Waals surface area contributed by atoms with Gasteiger partial charge in [0.15, 0.2) is 0 Å². The molecule has 1 saturated carbocycles. The summed E-state index contributed by atoms with van der Waals surface area (Å²) >= 11 is 0. The second kappa shape index (κ2) is 2.94. The Morgan fingerprint density at radius 1 is 1.50 bits per heavy atom. The first kappa shape index (κ1) is 7.87. The zero-order valence-electron chi connectivity index (χ0n) is 7.29. The van der Waals surface area contributed by atoms with Gasteiger partial charge in [0.05, 0.1) is 6.10 Å². The molecule has 2 nitrogen and oxygen atoms in total. The molecule has 1 aliphatic carbocycles. The fraction of sp³-hybridized carbons (Fsp3) is 0.600. The molecule has 0 aliphatic heterocycles. The zero-order chi connectivity index (χ0) is 8.55. The molecule has 1 heterocycles. The van der Waals surface area contributed by atoms with Crippen LogP contribution in [0.15, 0.2) is 16.5 Å². The van der Waals surface area contributed by atoms with Gasteiger partial charge in [-0.2, -0.15) is 0 Å². The molecule has 1 aromatic rings. The van der Waals surface area contributed by atoms with Crippen molar-refractivity contribution >= 4 is 0 Å². The highest BCUT2D eigenvalue weighted by Gasteiger charge is 2.29. The molecule has 0 spiro atoms. The van der Waals surface area contributed by atoms with E-state index in [2.05, 4.69) is 0 Å². The van der Waals surface area contributed by atoms with Crippen LogP contribution in [0.1, 0.15) is 24.4 Å². The van der Waals surface area contributed by atoms with E-state index in [9.17, 15) is 5.11 Å². The first-order valence-electron chi connectivity index (χ1n) is 4.49.